The van der Waals surface area contributed by atoms with Crippen molar-refractivity contribution in [3.8, 4) is 0 Å². The number of rotatable bonds is 6. The molecule has 0 heterocycles. The molecule has 0 atom stereocenters. The third-order valence-electron chi connectivity index (χ3n) is 4.05. The van der Waals surface area contributed by atoms with Crippen LogP contribution in [0.4, 0.5) is 0 Å². The van der Waals surface area contributed by atoms with Gasteiger partial charge in [-0.3, -0.25) is 0 Å². The zero-order valence-electron chi connectivity index (χ0n) is 15.7. The van der Waals surface area contributed by atoms with Gasteiger partial charge in [0, 0.05) is 18.6 Å². The molecule has 0 bridgehead atoms. The molecular weight excluding hydrogens is 332 g/mol. The minimum Gasteiger partial charge on any atom is -0.309 e. The highest BCUT2D eigenvalue weighted by molar-refractivity contribution is 7.89. The van der Waals surface area contributed by atoms with E-state index in [1.165, 1.54) is 16.7 Å². The second-order valence-corrected chi connectivity index (χ2v) is 9.08. The van der Waals surface area contributed by atoms with Crippen LogP contribution in [0.25, 0.3) is 0 Å². The van der Waals surface area contributed by atoms with Crippen molar-refractivity contribution in [2.24, 2.45) is 0 Å². The van der Waals surface area contributed by atoms with E-state index in [0.717, 1.165) is 5.56 Å². The van der Waals surface area contributed by atoms with E-state index < -0.39 is 15.6 Å². The van der Waals surface area contributed by atoms with Gasteiger partial charge in [0.1, 0.15) is 0 Å². The fourth-order valence-electron chi connectivity index (χ4n) is 2.71. The van der Waals surface area contributed by atoms with Gasteiger partial charge in [0.15, 0.2) is 0 Å². The lowest BCUT2D eigenvalue weighted by atomic mass is 10.0. The highest BCUT2D eigenvalue weighted by atomic mass is 32.2. The van der Waals surface area contributed by atoms with Gasteiger partial charge in [0.05, 0.1) is 4.90 Å². The molecule has 0 aliphatic carbocycles. The SMILES string of the molecule is Cc1cccc(CNCc2ccccc2S(=O)(=O)NC(C)(C)C)c1C. The van der Waals surface area contributed by atoms with Gasteiger partial charge in [-0.15, -0.1) is 0 Å². The Morgan fingerprint density at radius 3 is 2.16 bits per heavy atom. The van der Waals surface area contributed by atoms with Crippen molar-refractivity contribution >= 4 is 10.0 Å². The summed E-state index contributed by atoms with van der Waals surface area (Å²) < 4.78 is 28.0. The molecule has 5 heteroatoms. The summed E-state index contributed by atoms with van der Waals surface area (Å²) in [4.78, 5) is 0.332. The molecule has 25 heavy (non-hydrogen) atoms. The monoisotopic (exact) mass is 360 g/mol. The molecular formula is C20H28N2O2S. The van der Waals surface area contributed by atoms with Gasteiger partial charge >= 0.3 is 0 Å². The van der Waals surface area contributed by atoms with E-state index in [2.05, 4.69) is 36.0 Å². The largest absolute Gasteiger partial charge is 0.309 e. The van der Waals surface area contributed by atoms with E-state index in [1.54, 1.807) is 12.1 Å². The van der Waals surface area contributed by atoms with Crippen molar-refractivity contribution in [1.29, 1.82) is 0 Å². The smallest absolute Gasteiger partial charge is 0.241 e. The topological polar surface area (TPSA) is 58.2 Å². The molecule has 0 unspecified atom stereocenters. The molecule has 2 aromatic rings. The van der Waals surface area contributed by atoms with Crippen LogP contribution in [-0.4, -0.2) is 14.0 Å². The van der Waals surface area contributed by atoms with Crippen molar-refractivity contribution in [1.82, 2.24) is 10.0 Å². The lowest BCUT2D eigenvalue weighted by molar-refractivity contribution is 0.490. The van der Waals surface area contributed by atoms with Gasteiger partial charge in [-0.25, -0.2) is 13.1 Å². The minimum absolute atomic E-state index is 0.332. The summed E-state index contributed by atoms with van der Waals surface area (Å²) in [5.74, 6) is 0. The lowest BCUT2D eigenvalue weighted by Gasteiger charge is -2.21. The molecule has 2 N–H and O–H groups in total. The first-order chi connectivity index (χ1) is 11.6. The van der Waals surface area contributed by atoms with Crippen molar-refractivity contribution in [3.05, 3.63) is 64.7 Å². The Balaban J connectivity index is 2.15. The highest BCUT2D eigenvalue weighted by Crippen LogP contribution is 2.18. The molecule has 0 saturated carbocycles. The summed E-state index contributed by atoms with van der Waals surface area (Å²) >= 11 is 0. The Bertz CT molecular complexity index is 837. The number of nitrogens with one attached hydrogen (secondary N) is 2. The minimum atomic E-state index is -3.55. The molecule has 0 aliphatic heterocycles. The van der Waals surface area contributed by atoms with Crippen LogP contribution in [0.3, 0.4) is 0 Å². The zero-order valence-corrected chi connectivity index (χ0v) is 16.5. The van der Waals surface area contributed by atoms with Crippen LogP contribution < -0.4 is 10.0 Å². The predicted molar refractivity (Wildman–Crippen MR) is 103 cm³/mol. The van der Waals surface area contributed by atoms with Crippen LogP contribution in [0.5, 0.6) is 0 Å². The molecule has 0 saturated heterocycles. The molecule has 0 amide bonds. The lowest BCUT2D eigenvalue weighted by Crippen LogP contribution is -2.40. The highest BCUT2D eigenvalue weighted by Gasteiger charge is 2.24. The fraction of sp³-hybridized carbons (Fsp3) is 0.400. The molecule has 0 aliphatic rings. The average Bonchev–Trinajstić information content (AvgIpc) is 2.49. The number of hydrogen-bond acceptors (Lipinski definition) is 3. The molecule has 0 radical (unpaired) electrons. The summed E-state index contributed by atoms with van der Waals surface area (Å²) in [7, 11) is -3.55. The quantitative estimate of drug-likeness (QED) is 0.826. The zero-order chi connectivity index (χ0) is 18.7. The van der Waals surface area contributed by atoms with E-state index in [4.69, 9.17) is 0 Å². The summed E-state index contributed by atoms with van der Waals surface area (Å²) in [6, 6.07) is 13.4. The maximum absolute atomic E-state index is 12.7. The maximum Gasteiger partial charge on any atom is 0.241 e. The number of hydrogen-bond donors (Lipinski definition) is 2. The Kier molecular flexibility index (Phi) is 6.03. The number of sulfonamides is 1. The van der Waals surface area contributed by atoms with Gasteiger partial charge in [-0.1, -0.05) is 36.4 Å². The second kappa shape index (κ2) is 7.68. The van der Waals surface area contributed by atoms with Crippen LogP contribution in [-0.2, 0) is 23.1 Å². The molecule has 0 aromatic heterocycles. The maximum atomic E-state index is 12.7. The van der Waals surface area contributed by atoms with E-state index in [1.807, 2.05) is 39.0 Å². The second-order valence-electron chi connectivity index (χ2n) is 7.43. The Hall–Kier alpha value is -1.69. The summed E-state index contributed by atoms with van der Waals surface area (Å²) in [6.45, 7) is 10.9. The molecule has 0 fully saturated rings. The summed E-state index contributed by atoms with van der Waals surface area (Å²) in [6.07, 6.45) is 0. The first-order valence-electron chi connectivity index (χ1n) is 8.48. The van der Waals surface area contributed by atoms with Gasteiger partial charge in [-0.05, 0) is 62.9 Å². The number of benzene rings is 2. The van der Waals surface area contributed by atoms with Crippen molar-refractivity contribution in [2.75, 3.05) is 0 Å². The van der Waals surface area contributed by atoms with Gasteiger partial charge < -0.3 is 5.32 Å². The summed E-state index contributed by atoms with van der Waals surface area (Å²) in [5, 5.41) is 3.37. The van der Waals surface area contributed by atoms with Crippen molar-refractivity contribution in [2.45, 2.75) is 58.1 Å². The normalized spacial score (nSPS) is 12.4. The fourth-order valence-corrected chi connectivity index (χ4v) is 4.36. The van der Waals surface area contributed by atoms with Gasteiger partial charge in [0.2, 0.25) is 10.0 Å². The molecule has 0 spiro atoms. The van der Waals surface area contributed by atoms with Crippen LogP contribution in [0.15, 0.2) is 47.4 Å². The first kappa shape index (κ1) is 19.6. The Morgan fingerprint density at radius 1 is 0.880 bits per heavy atom. The van der Waals surface area contributed by atoms with Crippen molar-refractivity contribution in [3.63, 3.8) is 0 Å². The van der Waals surface area contributed by atoms with Crippen LogP contribution in [0.2, 0.25) is 0 Å². The third-order valence-corrected chi connectivity index (χ3v) is 5.91. The van der Waals surface area contributed by atoms with E-state index in [0.29, 0.717) is 18.0 Å². The van der Waals surface area contributed by atoms with Gasteiger partial charge in [0.25, 0.3) is 0 Å². The molecule has 136 valence electrons. The summed E-state index contributed by atoms with van der Waals surface area (Å²) in [5.41, 5.74) is 4.01. The van der Waals surface area contributed by atoms with Crippen LogP contribution >= 0.6 is 0 Å². The Morgan fingerprint density at radius 2 is 1.48 bits per heavy atom. The van der Waals surface area contributed by atoms with E-state index in [-0.39, 0.29) is 0 Å². The third kappa shape index (κ3) is 5.39. The van der Waals surface area contributed by atoms with E-state index in [9.17, 15) is 8.42 Å². The van der Waals surface area contributed by atoms with Crippen LogP contribution in [0.1, 0.15) is 43.0 Å². The molecule has 2 aromatic carbocycles. The Labute approximate surface area is 151 Å². The van der Waals surface area contributed by atoms with Gasteiger partial charge in [-0.2, -0.15) is 0 Å². The average molecular weight is 361 g/mol. The standard InChI is InChI=1S/C20H28N2O2S/c1-15-9-8-11-17(16(15)2)13-21-14-18-10-6-7-12-19(18)25(23,24)22-20(3,4)5/h6-12,21-22H,13-14H2,1-5H3. The first-order valence-corrected chi connectivity index (χ1v) is 9.96. The van der Waals surface area contributed by atoms with Crippen molar-refractivity contribution < 1.29 is 8.42 Å². The predicted octanol–water partition coefficient (Wildman–Crippen LogP) is 3.67. The van der Waals surface area contributed by atoms with Crippen LogP contribution in [0, 0.1) is 13.8 Å². The number of aryl methyl sites for hydroxylation is 1. The van der Waals surface area contributed by atoms with E-state index >= 15 is 0 Å². The molecule has 4 nitrogen and oxygen atoms in total. The molecule has 2 rings (SSSR count).